The van der Waals surface area contributed by atoms with E-state index in [1.165, 1.54) is 6.07 Å². The SMILES string of the molecule is C=C(C)C(=O)NCCOc1ccc(N)c(O)c1.Clc1ccc2[nH][nH]c2c1. The summed E-state index contributed by atoms with van der Waals surface area (Å²) in [5.74, 6) is 0.281. The van der Waals surface area contributed by atoms with E-state index in [1.807, 2.05) is 18.2 Å². The van der Waals surface area contributed by atoms with Gasteiger partial charge in [0.2, 0.25) is 5.91 Å². The van der Waals surface area contributed by atoms with Gasteiger partial charge in [-0.05, 0) is 37.3 Å². The quantitative estimate of drug-likeness (QED) is 0.203. The van der Waals surface area contributed by atoms with Crippen molar-refractivity contribution in [1.29, 1.82) is 0 Å². The molecule has 26 heavy (non-hydrogen) atoms. The zero-order valence-corrected chi connectivity index (χ0v) is 15.1. The number of ether oxygens (including phenoxy) is 1. The lowest BCUT2D eigenvalue weighted by molar-refractivity contribution is -0.117. The fourth-order valence-corrected chi connectivity index (χ4v) is 2.07. The number of aromatic amines is 2. The molecule has 0 spiro atoms. The van der Waals surface area contributed by atoms with E-state index in [0.29, 0.717) is 30.2 Å². The van der Waals surface area contributed by atoms with Crippen molar-refractivity contribution in [1.82, 2.24) is 15.5 Å². The second-order valence-electron chi connectivity index (χ2n) is 5.55. The first kappa shape index (κ1) is 19.3. The zero-order chi connectivity index (χ0) is 19.1. The highest BCUT2D eigenvalue weighted by Gasteiger charge is 2.02. The number of nitrogens with two attached hydrogens (primary N) is 1. The fourth-order valence-electron chi connectivity index (χ4n) is 1.90. The molecule has 0 saturated carbocycles. The molecule has 0 bridgehead atoms. The molecule has 0 aliphatic carbocycles. The summed E-state index contributed by atoms with van der Waals surface area (Å²) in [4.78, 5) is 11.1. The maximum absolute atomic E-state index is 11.1. The molecule has 0 saturated heterocycles. The van der Waals surface area contributed by atoms with Crippen LogP contribution >= 0.6 is 11.6 Å². The first-order chi connectivity index (χ1) is 12.4. The number of aromatic hydroxyl groups is 1. The second kappa shape index (κ2) is 8.87. The molecule has 0 radical (unpaired) electrons. The summed E-state index contributed by atoms with van der Waals surface area (Å²) in [5, 5.41) is 18.5. The summed E-state index contributed by atoms with van der Waals surface area (Å²) < 4.78 is 5.31. The molecule has 2 aromatic carbocycles. The first-order valence-electron chi connectivity index (χ1n) is 7.83. The molecule has 138 valence electrons. The van der Waals surface area contributed by atoms with Crippen LogP contribution in [-0.4, -0.2) is 34.4 Å². The molecule has 1 aromatic heterocycles. The number of halogens is 1. The zero-order valence-electron chi connectivity index (χ0n) is 14.3. The third kappa shape index (κ3) is 5.49. The van der Waals surface area contributed by atoms with Crippen LogP contribution in [0.2, 0.25) is 5.02 Å². The summed E-state index contributed by atoms with van der Waals surface area (Å²) in [7, 11) is 0. The Balaban J connectivity index is 0.000000223. The average molecular weight is 377 g/mol. The number of amides is 1. The van der Waals surface area contributed by atoms with Crippen molar-refractivity contribution in [3.05, 3.63) is 53.6 Å². The van der Waals surface area contributed by atoms with E-state index >= 15 is 0 Å². The van der Waals surface area contributed by atoms with E-state index in [0.717, 1.165) is 16.1 Å². The highest BCUT2D eigenvalue weighted by Crippen LogP contribution is 2.24. The van der Waals surface area contributed by atoms with Gasteiger partial charge in [-0.3, -0.25) is 15.0 Å². The highest BCUT2D eigenvalue weighted by atomic mass is 35.5. The van der Waals surface area contributed by atoms with Crippen LogP contribution in [0.25, 0.3) is 11.0 Å². The minimum atomic E-state index is -0.200. The molecule has 3 aromatic rings. The number of carbonyl (C=O) groups is 1. The Morgan fingerprint density at radius 2 is 2.00 bits per heavy atom. The van der Waals surface area contributed by atoms with Crippen LogP contribution in [0.15, 0.2) is 48.6 Å². The number of rotatable bonds is 5. The lowest BCUT2D eigenvalue weighted by Crippen LogP contribution is -2.28. The van der Waals surface area contributed by atoms with Crippen LogP contribution in [-0.2, 0) is 4.79 Å². The summed E-state index contributed by atoms with van der Waals surface area (Å²) in [6.07, 6.45) is 0. The number of hydrogen-bond acceptors (Lipinski definition) is 4. The van der Waals surface area contributed by atoms with Gasteiger partial charge in [0.05, 0.1) is 23.3 Å². The van der Waals surface area contributed by atoms with Crippen molar-refractivity contribution in [2.24, 2.45) is 0 Å². The number of hydrogen-bond donors (Lipinski definition) is 5. The predicted octanol–water partition coefficient (Wildman–Crippen LogP) is 3.19. The van der Waals surface area contributed by atoms with Gasteiger partial charge in [-0.15, -0.1) is 0 Å². The molecule has 0 atom stereocenters. The number of benzene rings is 2. The average Bonchev–Trinajstić information content (AvgIpc) is 2.58. The standard InChI is InChI=1S/C12H16N2O3.C6H5ClN2/c1-8(2)12(16)14-5-6-17-9-3-4-10(13)11(15)7-9;7-4-1-2-5-6(3-4)9-8-5/h3-4,7,15H,1,5-6,13H2,2H3,(H,14,16);1-3,8-9H. The summed E-state index contributed by atoms with van der Waals surface area (Å²) in [6, 6.07) is 10.3. The Bertz CT molecular complexity index is 901. The molecule has 1 amide bonds. The van der Waals surface area contributed by atoms with E-state index in [-0.39, 0.29) is 11.7 Å². The predicted molar refractivity (Wildman–Crippen MR) is 103 cm³/mol. The molecule has 0 fully saturated rings. The van der Waals surface area contributed by atoms with Crippen molar-refractivity contribution in [2.45, 2.75) is 6.92 Å². The molecule has 0 unspecified atom stereocenters. The number of phenolic OH excluding ortho intramolecular Hbond substituents is 1. The van der Waals surface area contributed by atoms with Crippen LogP contribution in [0, 0.1) is 0 Å². The third-order valence-electron chi connectivity index (χ3n) is 3.36. The van der Waals surface area contributed by atoms with Crippen molar-refractivity contribution in [2.75, 3.05) is 18.9 Å². The number of fused-ring (bicyclic) bond motifs is 1. The third-order valence-corrected chi connectivity index (χ3v) is 3.59. The van der Waals surface area contributed by atoms with E-state index in [1.54, 1.807) is 19.1 Å². The van der Waals surface area contributed by atoms with Crippen LogP contribution in [0.3, 0.4) is 0 Å². The molecule has 3 rings (SSSR count). The molecular formula is C18H21ClN4O3. The van der Waals surface area contributed by atoms with Gasteiger partial charge in [-0.25, -0.2) is 0 Å². The van der Waals surface area contributed by atoms with Gasteiger partial charge in [0.25, 0.3) is 0 Å². The number of H-pyrrole nitrogens is 2. The Kier molecular flexibility index (Phi) is 6.57. The van der Waals surface area contributed by atoms with Gasteiger partial charge in [0, 0.05) is 16.7 Å². The first-order valence-corrected chi connectivity index (χ1v) is 8.21. The van der Waals surface area contributed by atoms with Crippen LogP contribution in [0.5, 0.6) is 11.5 Å². The second-order valence-corrected chi connectivity index (χ2v) is 5.98. The minimum Gasteiger partial charge on any atom is -0.506 e. The van der Waals surface area contributed by atoms with Gasteiger partial charge in [0.15, 0.2) is 0 Å². The molecular weight excluding hydrogens is 356 g/mol. The molecule has 0 aliphatic heterocycles. The lowest BCUT2D eigenvalue weighted by Gasteiger charge is -2.08. The smallest absolute Gasteiger partial charge is 0.246 e. The van der Waals surface area contributed by atoms with Crippen LogP contribution < -0.4 is 15.8 Å². The Hall–Kier alpha value is -3.06. The van der Waals surface area contributed by atoms with Crippen molar-refractivity contribution in [3.63, 3.8) is 0 Å². The van der Waals surface area contributed by atoms with Gasteiger partial charge in [-0.2, -0.15) is 0 Å². The van der Waals surface area contributed by atoms with Crippen molar-refractivity contribution >= 4 is 34.2 Å². The number of nitrogen functional groups attached to an aromatic ring is 1. The van der Waals surface area contributed by atoms with Gasteiger partial charge in [-0.1, -0.05) is 18.2 Å². The molecule has 8 heteroatoms. The lowest BCUT2D eigenvalue weighted by atomic mass is 10.3. The minimum absolute atomic E-state index is 0.0199. The van der Waals surface area contributed by atoms with Crippen LogP contribution in [0.1, 0.15) is 6.92 Å². The van der Waals surface area contributed by atoms with Crippen molar-refractivity contribution < 1.29 is 14.6 Å². The molecule has 0 aliphatic rings. The molecule has 7 nitrogen and oxygen atoms in total. The van der Waals surface area contributed by atoms with E-state index < -0.39 is 0 Å². The van der Waals surface area contributed by atoms with E-state index in [2.05, 4.69) is 22.1 Å². The fraction of sp³-hybridized carbons (Fsp3) is 0.167. The van der Waals surface area contributed by atoms with Crippen LogP contribution in [0.4, 0.5) is 5.69 Å². The van der Waals surface area contributed by atoms with E-state index in [9.17, 15) is 9.90 Å². The Morgan fingerprint density at radius 3 is 2.54 bits per heavy atom. The van der Waals surface area contributed by atoms with Gasteiger partial charge < -0.3 is 20.9 Å². The summed E-state index contributed by atoms with van der Waals surface area (Å²) in [5.41, 5.74) is 8.38. The number of anilines is 1. The maximum atomic E-state index is 11.1. The Morgan fingerprint density at radius 1 is 1.27 bits per heavy atom. The summed E-state index contributed by atoms with van der Waals surface area (Å²) >= 11 is 5.68. The normalized spacial score (nSPS) is 10.1. The number of phenols is 1. The largest absolute Gasteiger partial charge is 0.506 e. The molecule has 1 heterocycles. The number of carbonyl (C=O) groups excluding carboxylic acids is 1. The highest BCUT2D eigenvalue weighted by molar-refractivity contribution is 6.31. The molecule has 6 N–H and O–H groups in total. The van der Waals surface area contributed by atoms with Gasteiger partial charge in [0.1, 0.15) is 18.1 Å². The maximum Gasteiger partial charge on any atom is 0.246 e. The summed E-state index contributed by atoms with van der Waals surface area (Å²) in [6.45, 7) is 5.83. The number of aromatic nitrogens is 2. The Labute approximate surface area is 155 Å². The monoisotopic (exact) mass is 376 g/mol. The van der Waals surface area contributed by atoms with E-state index in [4.69, 9.17) is 22.1 Å². The van der Waals surface area contributed by atoms with Gasteiger partial charge >= 0.3 is 0 Å². The van der Waals surface area contributed by atoms with Crippen molar-refractivity contribution in [3.8, 4) is 11.5 Å². The topological polar surface area (TPSA) is 116 Å². The number of nitrogens with one attached hydrogen (secondary N) is 3.